The molecule has 0 spiro atoms. The van der Waals surface area contributed by atoms with Crippen LogP contribution < -0.4 is 5.32 Å². The Morgan fingerprint density at radius 1 is 1.21 bits per heavy atom. The van der Waals surface area contributed by atoms with E-state index in [1.54, 1.807) is 0 Å². The molecule has 1 amide bonds. The lowest BCUT2D eigenvalue weighted by Crippen LogP contribution is -2.26. The van der Waals surface area contributed by atoms with Gasteiger partial charge < -0.3 is 5.32 Å². The van der Waals surface area contributed by atoms with Crippen molar-refractivity contribution in [3.63, 3.8) is 0 Å². The summed E-state index contributed by atoms with van der Waals surface area (Å²) in [6, 6.07) is 17.7. The maximum absolute atomic E-state index is 12.4. The van der Waals surface area contributed by atoms with Crippen molar-refractivity contribution in [3.05, 3.63) is 60.2 Å². The van der Waals surface area contributed by atoms with Gasteiger partial charge in [-0.1, -0.05) is 30.3 Å². The number of hydrogen-bond donors (Lipinski definition) is 1. The Kier molecular flexibility index (Phi) is 5.52. The first-order chi connectivity index (χ1) is 11.7. The second-order valence-corrected chi connectivity index (χ2v) is 6.77. The summed E-state index contributed by atoms with van der Waals surface area (Å²) < 4.78 is 0. The lowest BCUT2D eigenvalue weighted by Gasteiger charge is -2.16. The first-order valence-electron chi connectivity index (χ1n) is 7.98. The minimum atomic E-state index is 0.0295. The fourth-order valence-electron chi connectivity index (χ4n) is 2.94. The van der Waals surface area contributed by atoms with Gasteiger partial charge in [0.05, 0.1) is 5.92 Å². The van der Waals surface area contributed by atoms with Crippen molar-refractivity contribution in [1.82, 2.24) is 4.90 Å². The molecule has 0 aromatic heterocycles. The average molecular weight is 337 g/mol. The van der Waals surface area contributed by atoms with Gasteiger partial charge in [0.2, 0.25) is 5.91 Å². The third kappa shape index (κ3) is 4.38. The molecule has 1 atom stereocenters. The molecule has 1 aliphatic rings. The van der Waals surface area contributed by atoms with Crippen molar-refractivity contribution in [2.45, 2.75) is 17.9 Å². The first-order valence-corrected chi connectivity index (χ1v) is 8.79. The van der Waals surface area contributed by atoms with Crippen LogP contribution in [0.4, 0.5) is 5.69 Å². The van der Waals surface area contributed by atoms with Crippen LogP contribution in [0.3, 0.4) is 0 Å². The Bertz CT molecular complexity index is 725. The largest absolute Gasteiger partial charge is 0.326 e. The van der Waals surface area contributed by atoms with E-state index in [0.29, 0.717) is 0 Å². The number of amides is 1. The number of hydrogen-bond acceptors (Lipinski definition) is 4. The molecule has 0 saturated carbocycles. The van der Waals surface area contributed by atoms with E-state index in [4.69, 9.17) is 5.26 Å². The highest BCUT2D eigenvalue weighted by Crippen LogP contribution is 2.22. The summed E-state index contributed by atoms with van der Waals surface area (Å²) in [6.45, 7) is 2.64. The summed E-state index contributed by atoms with van der Waals surface area (Å²) in [4.78, 5) is 15.6. The van der Waals surface area contributed by atoms with Gasteiger partial charge in [-0.2, -0.15) is 5.26 Å². The molecule has 1 fully saturated rings. The minimum Gasteiger partial charge on any atom is -0.326 e. The number of likely N-dealkylation sites (tertiary alicyclic amines) is 1. The van der Waals surface area contributed by atoms with Gasteiger partial charge >= 0.3 is 0 Å². The molecule has 2 aromatic carbocycles. The van der Waals surface area contributed by atoms with Crippen LogP contribution in [0.25, 0.3) is 0 Å². The van der Waals surface area contributed by atoms with Crippen molar-refractivity contribution < 1.29 is 4.79 Å². The van der Waals surface area contributed by atoms with E-state index in [1.165, 1.54) is 5.56 Å². The van der Waals surface area contributed by atoms with E-state index < -0.39 is 0 Å². The number of thiocyanates is 1. The predicted molar refractivity (Wildman–Crippen MR) is 96.4 cm³/mol. The van der Waals surface area contributed by atoms with Crippen molar-refractivity contribution in [1.29, 1.82) is 5.26 Å². The molecular formula is C19H19N3OS. The van der Waals surface area contributed by atoms with Gasteiger partial charge in [0.1, 0.15) is 5.40 Å². The number of carbonyl (C=O) groups excluding carboxylic acids is 1. The van der Waals surface area contributed by atoms with E-state index >= 15 is 0 Å². The van der Waals surface area contributed by atoms with Crippen LogP contribution in [0.15, 0.2) is 59.5 Å². The van der Waals surface area contributed by atoms with Crippen LogP contribution in [0.5, 0.6) is 0 Å². The zero-order chi connectivity index (χ0) is 16.8. The van der Waals surface area contributed by atoms with Crippen LogP contribution in [0, 0.1) is 16.6 Å². The number of carbonyl (C=O) groups is 1. The molecule has 1 heterocycles. The number of thioether (sulfide) groups is 1. The van der Waals surface area contributed by atoms with E-state index in [1.807, 2.05) is 47.9 Å². The van der Waals surface area contributed by atoms with Crippen molar-refractivity contribution in [3.8, 4) is 5.40 Å². The normalized spacial score (nSPS) is 17.4. The first kappa shape index (κ1) is 16.6. The van der Waals surface area contributed by atoms with Crippen molar-refractivity contribution in [2.24, 2.45) is 5.92 Å². The van der Waals surface area contributed by atoms with Crippen LogP contribution in [0.1, 0.15) is 12.0 Å². The molecule has 24 heavy (non-hydrogen) atoms. The Morgan fingerprint density at radius 3 is 2.67 bits per heavy atom. The summed E-state index contributed by atoms with van der Waals surface area (Å²) in [6.07, 6.45) is 0.890. The molecule has 1 saturated heterocycles. The monoisotopic (exact) mass is 337 g/mol. The lowest BCUT2D eigenvalue weighted by molar-refractivity contribution is -0.119. The van der Waals surface area contributed by atoms with E-state index in [0.717, 1.165) is 48.4 Å². The van der Waals surface area contributed by atoms with E-state index in [9.17, 15) is 4.79 Å². The van der Waals surface area contributed by atoms with Crippen LogP contribution in [-0.4, -0.2) is 23.9 Å². The molecule has 0 aliphatic carbocycles. The highest BCUT2D eigenvalue weighted by Gasteiger charge is 2.28. The van der Waals surface area contributed by atoms with Gasteiger partial charge in [0.25, 0.3) is 0 Å². The molecule has 4 nitrogen and oxygen atoms in total. The zero-order valence-corrected chi connectivity index (χ0v) is 14.1. The number of rotatable bonds is 5. The number of nitriles is 1. The maximum atomic E-state index is 12.4. The Morgan fingerprint density at radius 2 is 1.96 bits per heavy atom. The topological polar surface area (TPSA) is 56.1 Å². The molecule has 1 N–H and O–H groups in total. The molecule has 5 heteroatoms. The minimum absolute atomic E-state index is 0.0295. The summed E-state index contributed by atoms with van der Waals surface area (Å²) in [5.74, 6) is 0.105. The summed E-state index contributed by atoms with van der Waals surface area (Å²) >= 11 is 1.12. The molecule has 0 radical (unpaired) electrons. The van der Waals surface area contributed by atoms with Gasteiger partial charge in [-0.15, -0.1) is 0 Å². The summed E-state index contributed by atoms with van der Waals surface area (Å²) in [5.41, 5.74) is 2.06. The standard InChI is InChI=1S/C19H19N3OS/c20-14-24-18-8-6-17(7-9-18)21-19(23)16-10-11-22(13-16)12-15-4-2-1-3-5-15/h1-9,16H,10-13H2,(H,21,23). The van der Waals surface area contributed by atoms with Crippen LogP contribution >= 0.6 is 11.8 Å². The lowest BCUT2D eigenvalue weighted by atomic mass is 10.1. The number of anilines is 1. The Hall–Kier alpha value is -2.29. The quantitative estimate of drug-likeness (QED) is 0.667. The second-order valence-electron chi connectivity index (χ2n) is 5.91. The molecule has 1 unspecified atom stereocenters. The third-order valence-corrected chi connectivity index (χ3v) is 4.78. The van der Waals surface area contributed by atoms with Crippen molar-refractivity contribution >= 4 is 23.4 Å². The Balaban J connectivity index is 1.52. The SMILES string of the molecule is N#CSc1ccc(NC(=O)C2CCN(Cc3ccccc3)C2)cc1. The molecule has 0 bridgehead atoms. The molecule has 122 valence electrons. The molecular weight excluding hydrogens is 318 g/mol. The van der Waals surface area contributed by atoms with Gasteiger partial charge in [0, 0.05) is 23.7 Å². The summed E-state index contributed by atoms with van der Waals surface area (Å²) in [7, 11) is 0. The van der Waals surface area contributed by atoms with Gasteiger partial charge in [-0.3, -0.25) is 9.69 Å². The van der Waals surface area contributed by atoms with Gasteiger partial charge in [-0.25, -0.2) is 0 Å². The zero-order valence-electron chi connectivity index (χ0n) is 13.3. The van der Waals surface area contributed by atoms with Crippen LogP contribution in [0.2, 0.25) is 0 Å². The highest BCUT2D eigenvalue weighted by molar-refractivity contribution is 8.03. The predicted octanol–water partition coefficient (Wildman–Crippen LogP) is 3.72. The van der Waals surface area contributed by atoms with E-state index in [2.05, 4.69) is 22.3 Å². The molecule has 1 aliphatic heterocycles. The molecule has 2 aromatic rings. The smallest absolute Gasteiger partial charge is 0.228 e. The number of nitrogens with one attached hydrogen (secondary N) is 1. The van der Waals surface area contributed by atoms with Crippen molar-refractivity contribution in [2.75, 3.05) is 18.4 Å². The maximum Gasteiger partial charge on any atom is 0.228 e. The average Bonchev–Trinajstić information content (AvgIpc) is 3.06. The fourth-order valence-corrected chi connectivity index (χ4v) is 3.31. The van der Waals surface area contributed by atoms with E-state index in [-0.39, 0.29) is 11.8 Å². The number of nitrogens with zero attached hydrogens (tertiary/aromatic N) is 2. The third-order valence-electron chi connectivity index (χ3n) is 4.18. The molecule has 3 rings (SSSR count). The van der Waals surface area contributed by atoms with Gasteiger partial charge in [0.15, 0.2) is 0 Å². The highest BCUT2D eigenvalue weighted by atomic mass is 32.2. The Labute approximate surface area is 146 Å². The summed E-state index contributed by atoms with van der Waals surface area (Å²) in [5, 5.41) is 13.7. The fraction of sp³-hybridized carbons (Fsp3) is 0.263. The van der Waals surface area contributed by atoms with Crippen LogP contribution in [-0.2, 0) is 11.3 Å². The van der Waals surface area contributed by atoms with Gasteiger partial charge in [-0.05, 0) is 54.6 Å². The second kappa shape index (κ2) is 8.00. The number of benzene rings is 2.